The summed E-state index contributed by atoms with van der Waals surface area (Å²) in [6.07, 6.45) is 0.776. The van der Waals surface area contributed by atoms with Gasteiger partial charge in [0.1, 0.15) is 5.82 Å². The Morgan fingerprint density at radius 3 is 2.36 bits per heavy atom. The summed E-state index contributed by atoms with van der Waals surface area (Å²) >= 11 is 12.3. The third-order valence-electron chi connectivity index (χ3n) is 3.79. The van der Waals surface area contributed by atoms with Gasteiger partial charge in [0.15, 0.2) is 5.82 Å². The Balaban J connectivity index is 2.46. The molecule has 0 saturated carbocycles. The van der Waals surface area contributed by atoms with Crippen LogP contribution in [0.4, 0.5) is 5.82 Å². The second kappa shape index (κ2) is 5.89. The first-order chi connectivity index (χ1) is 10.6. The van der Waals surface area contributed by atoms with Crippen molar-refractivity contribution in [1.29, 1.82) is 0 Å². The average molecular weight is 338 g/mol. The average Bonchev–Trinajstić information content (AvgIpc) is 2.94. The fourth-order valence-electron chi connectivity index (χ4n) is 2.64. The zero-order valence-electron chi connectivity index (χ0n) is 12.8. The SMILES string of the molecule is CCc1nnc2c(N(CC)CC)nc3cc(Cl)c(Cl)cc3n12. The van der Waals surface area contributed by atoms with Crippen molar-refractivity contribution in [2.24, 2.45) is 0 Å². The Bertz CT molecular complexity index is 839. The van der Waals surface area contributed by atoms with Crippen molar-refractivity contribution in [2.45, 2.75) is 27.2 Å². The summed E-state index contributed by atoms with van der Waals surface area (Å²) in [5, 5.41) is 9.64. The predicted octanol–water partition coefficient (Wildman–Crippen LogP) is 3.99. The lowest BCUT2D eigenvalue weighted by atomic mass is 10.2. The minimum atomic E-state index is 0.498. The Labute approximate surface area is 138 Å². The number of benzene rings is 1. The Morgan fingerprint density at radius 1 is 1.05 bits per heavy atom. The summed E-state index contributed by atoms with van der Waals surface area (Å²) < 4.78 is 2.03. The number of nitrogens with zero attached hydrogens (tertiary/aromatic N) is 5. The molecule has 7 heteroatoms. The molecule has 0 amide bonds. The maximum atomic E-state index is 6.18. The fourth-order valence-corrected chi connectivity index (χ4v) is 2.95. The molecule has 0 N–H and O–H groups in total. The molecular weight excluding hydrogens is 321 g/mol. The summed E-state index contributed by atoms with van der Waals surface area (Å²) in [4.78, 5) is 6.91. The van der Waals surface area contributed by atoms with Crippen LogP contribution in [0.25, 0.3) is 16.7 Å². The van der Waals surface area contributed by atoms with Gasteiger partial charge in [0, 0.05) is 19.5 Å². The van der Waals surface area contributed by atoms with Crippen molar-refractivity contribution in [1.82, 2.24) is 19.6 Å². The molecule has 0 spiro atoms. The molecule has 5 nitrogen and oxygen atoms in total. The number of rotatable bonds is 4. The second-order valence-electron chi connectivity index (χ2n) is 4.99. The number of anilines is 1. The lowest BCUT2D eigenvalue weighted by Crippen LogP contribution is -2.24. The third-order valence-corrected chi connectivity index (χ3v) is 4.52. The summed E-state index contributed by atoms with van der Waals surface area (Å²) in [6, 6.07) is 3.62. The highest BCUT2D eigenvalue weighted by molar-refractivity contribution is 6.42. The number of aromatic nitrogens is 4. The van der Waals surface area contributed by atoms with Gasteiger partial charge in [-0.05, 0) is 26.0 Å². The van der Waals surface area contributed by atoms with Gasteiger partial charge in [0.25, 0.3) is 0 Å². The quantitative estimate of drug-likeness (QED) is 0.722. The van der Waals surface area contributed by atoms with Crippen LogP contribution in [0.3, 0.4) is 0 Å². The molecule has 3 aromatic rings. The molecule has 0 aliphatic rings. The topological polar surface area (TPSA) is 46.3 Å². The summed E-state index contributed by atoms with van der Waals surface area (Å²) in [6.45, 7) is 7.94. The van der Waals surface area contributed by atoms with E-state index in [9.17, 15) is 0 Å². The third kappa shape index (κ3) is 2.29. The molecule has 22 heavy (non-hydrogen) atoms. The van der Waals surface area contributed by atoms with E-state index < -0.39 is 0 Å². The van der Waals surface area contributed by atoms with Crippen molar-refractivity contribution in [3.63, 3.8) is 0 Å². The molecule has 0 radical (unpaired) electrons. The monoisotopic (exact) mass is 337 g/mol. The van der Waals surface area contributed by atoms with Crippen molar-refractivity contribution in [3.8, 4) is 0 Å². The van der Waals surface area contributed by atoms with Gasteiger partial charge in [0.2, 0.25) is 5.65 Å². The van der Waals surface area contributed by atoms with E-state index in [0.717, 1.165) is 47.8 Å². The molecule has 0 aliphatic carbocycles. The van der Waals surface area contributed by atoms with Crippen LogP contribution in [-0.4, -0.2) is 32.7 Å². The first kappa shape index (κ1) is 15.3. The molecule has 2 aromatic heterocycles. The minimum Gasteiger partial charge on any atom is -0.354 e. The van der Waals surface area contributed by atoms with Gasteiger partial charge in [-0.25, -0.2) is 4.98 Å². The lowest BCUT2D eigenvalue weighted by molar-refractivity contribution is 0.847. The van der Waals surface area contributed by atoms with Crippen LogP contribution in [0.5, 0.6) is 0 Å². The number of fused-ring (bicyclic) bond motifs is 3. The molecule has 116 valence electrons. The van der Waals surface area contributed by atoms with Gasteiger partial charge < -0.3 is 4.90 Å². The largest absolute Gasteiger partial charge is 0.354 e. The van der Waals surface area contributed by atoms with Crippen LogP contribution < -0.4 is 4.90 Å². The van der Waals surface area contributed by atoms with Gasteiger partial charge >= 0.3 is 0 Å². The van der Waals surface area contributed by atoms with Crippen molar-refractivity contribution in [3.05, 3.63) is 28.0 Å². The summed E-state index contributed by atoms with van der Waals surface area (Å²) in [5.74, 6) is 1.71. The highest BCUT2D eigenvalue weighted by Crippen LogP contribution is 2.30. The minimum absolute atomic E-state index is 0.498. The van der Waals surface area contributed by atoms with Crippen LogP contribution in [-0.2, 0) is 6.42 Å². The van der Waals surface area contributed by atoms with Crippen molar-refractivity contribution in [2.75, 3.05) is 18.0 Å². The lowest BCUT2D eigenvalue weighted by Gasteiger charge is -2.21. The molecular formula is C15H17Cl2N5. The van der Waals surface area contributed by atoms with Gasteiger partial charge in [-0.3, -0.25) is 4.40 Å². The predicted molar refractivity (Wildman–Crippen MR) is 91.2 cm³/mol. The van der Waals surface area contributed by atoms with E-state index >= 15 is 0 Å². The summed E-state index contributed by atoms with van der Waals surface area (Å²) in [7, 11) is 0. The Hall–Kier alpha value is -1.59. The molecule has 0 saturated heterocycles. The maximum Gasteiger partial charge on any atom is 0.204 e. The maximum absolute atomic E-state index is 6.18. The second-order valence-corrected chi connectivity index (χ2v) is 5.81. The molecule has 0 fully saturated rings. The first-order valence-corrected chi connectivity index (χ1v) is 8.13. The smallest absolute Gasteiger partial charge is 0.204 e. The zero-order chi connectivity index (χ0) is 15.9. The number of hydrogen-bond donors (Lipinski definition) is 0. The van der Waals surface area contributed by atoms with E-state index in [1.165, 1.54) is 0 Å². The van der Waals surface area contributed by atoms with E-state index in [2.05, 4.69) is 35.9 Å². The molecule has 2 heterocycles. The van der Waals surface area contributed by atoms with Crippen LogP contribution in [0, 0.1) is 0 Å². The van der Waals surface area contributed by atoms with Crippen LogP contribution >= 0.6 is 23.2 Å². The number of hydrogen-bond acceptors (Lipinski definition) is 4. The van der Waals surface area contributed by atoms with E-state index in [0.29, 0.717) is 10.0 Å². The molecule has 0 unspecified atom stereocenters. The fraction of sp³-hybridized carbons (Fsp3) is 0.400. The van der Waals surface area contributed by atoms with E-state index in [1.807, 2.05) is 10.5 Å². The van der Waals surface area contributed by atoms with Gasteiger partial charge in [0.05, 0.1) is 21.1 Å². The van der Waals surface area contributed by atoms with Gasteiger partial charge in [-0.15, -0.1) is 10.2 Å². The highest BCUT2D eigenvalue weighted by atomic mass is 35.5. The van der Waals surface area contributed by atoms with E-state index in [-0.39, 0.29) is 0 Å². The normalized spacial score (nSPS) is 11.5. The molecule has 0 aliphatic heterocycles. The van der Waals surface area contributed by atoms with E-state index in [1.54, 1.807) is 6.07 Å². The van der Waals surface area contributed by atoms with Crippen molar-refractivity contribution >= 4 is 45.7 Å². The molecule has 0 atom stereocenters. The first-order valence-electron chi connectivity index (χ1n) is 7.38. The number of aryl methyl sites for hydroxylation is 1. The van der Waals surface area contributed by atoms with Crippen LogP contribution in [0.1, 0.15) is 26.6 Å². The standard InChI is InChI=1S/C15H17Cl2N5/c1-4-13-19-20-15-14(21(5-2)6-3)18-11-7-9(16)10(17)8-12(11)22(13)15/h7-8H,4-6H2,1-3H3. The van der Waals surface area contributed by atoms with Crippen LogP contribution in [0.15, 0.2) is 12.1 Å². The molecule has 1 aromatic carbocycles. The van der Waals surface area contributed by atoms with Crippen LogP contribution in [0.2, 0.25) is 10.0 Å². The van der Waals surface area contributed by atoms with Gasteiger partial charge in [-0.2, -0.15) is 0 Å². The molecule has 0 bridgehead atoms. The highest BCUT2D eigenvalue weighted by Gasteiger charge is 2.18. The summed E-state index contributed by atoms with van der Waals surface area (Å²) in [5.41, 5.74) is 2.42. The van der Waals surface area contributed by atoms with Gasteiger partial charge in [-0.1, -0.05) is 30.1 Å². The number of halogens is 2. The Morgan fingerprint density at radius 2 is 1.73 bits per heavy atom. The zero-order valence-corrected chi connectivity index (χ0v) is 14.3. The van der Waals surface area contributed by atoms with E-state index in [4.69, 9.17) is 28.2 Å². The van der Waals surface area contributed by atoms with Crippen molar-refractivity contribution < 1.29 is 0 Å². The Kier molecular flexibility index (Phi) is 4.10. The molecule has 3 rings (SSSR count).